The van der Waals surface area contributed by atoms with Gasteiger partial charge in [0.15, 0.2) is 5.65 Å². The first-order chi connectivity index (χ1) is 13.4. The Hall–Kier alpha value is -2.54. The number of hydrogen-bond acceptors (Lipinski definition) is 6. The minimum absolute atomic E-state index is 0.117. The van der Waals surface area contributed by atoms with E-state index < -0.39 is 5.91 Å². The van der Waals surface area contributed by atoms with Crippen molar-refractivity contribution in [1.29, 1.82) is 0 Å². The summed E-state index contributed by atoms with van der Waals surface area (Å²) < 4.78 is 8.91. The second kappa shape index (κ2) is 6.24. The molecule has 3 aromatic heterocycles. The fourth-order valence-electron chi connectivity index (χ4n) is 3.64. The van der Waals surface area contributed by atoms with Crippen LogP contribution in [0.3, 0.4) is 0 Å². The Morgan fingerprint density at radius 3 is 2.82 bits per heavy atom. The third kappa shape index (κ3) is 2.76. The van der Waals surface area contributed by atoms with Crippen LogP contribution in [-0.4, -0.2) is 67.4 Å². The summed E-state index contributed by atoms with van der Waals surface area (Å²) in [6.45, 7) is 2.70. The molecule has 0 radical (unpaired) electrons. The van der Waals surface area contributed by atoms with E-state index in [0.29, 0.717) is 47.0 Å². The van der Waals surface area contributed by atoms with E-state index in [4.69, 9.17) is 4.74 Å². The number of amides is 2. The van der Waals surface area contributed by atoms with Gasteiger partial charge in [-0.25, -0.2) is 9.50 Å². The number of carbonyl (C=O) groups is 2. The highest BCUT2D eigenvalue weighted by molar-refractivity contribution is 14.1. The van der Waals surface area contributed by atoms with Crippen molar-refractivity contribution >= 4 is 45.7 Å². The molecule has 0 unspecified atom stereocenters. The molecular formula is C17H16IN7O3. The van der Waals surface area contributed by atoms with Crippen molar-refractivity contribution in [3.05, 3.63) is 39.6 Å². The fraction of sp³-hybridized carbons (Fsp3) is 0.353. The maximum absolute atomic E-state index is 12.9. The van der Waals surface area contributed by atoms with Gasteiger partial charge in [0.2, 0.25) is 3.83 Å². The van der Waals surface area contributed by atoms with Gasteiger partial charge >= 0.3 is 0 Å². The normalized spacial score (nSPS) is 17.4. The summed E-state index contributed by atoms with van der Waals surface area (Å²) in [6, 6.07) is 3.45. The molecule has 11 heteroatoms. The lowest BCUT2D eigenvalue weighted by Crippen LogP contribution is -2.67. The van der Waals surface area contributed by atoms with E-state index >= 15 is 0 Å². The predicted octanol–water partition coefficient (Wildman–Crippen LogP) is 0.792. The largest absolute Gasteiger partial charge is 0.380 e. The van der Waals surface area contributed by atoms with Crippen molar-refractivity contribution in [2.24, 2.45) is 12.5 Å². The summed E-state index contributed by atoms with van der Waals surface area (Å²) >= 11 is 2.03. The number of nitrogens with zero attached hydrogens (tertiary/aromatic N) is 6. The molecule has 3 aromatic rings. The number of likely N-dealkylation sites (tertiary alicyclic amines) is 1. The Morgan fingerprint density at radius 2 is 2.11 bits per heavy atom. The zero-order valence-electron chi connectivity index (χ0n) is 14.9. The molecule has 10 nitrogen and oxygen atoms in total. The van der Waals surface area contributed by atoms with Crippen molar-refractivity contribution in [2.75, 3.05) is 31.6 Å². The van der Waals surface area contributed by atoms with Gasteiger partial charge in [0, 0.05) is 60.7 Å². The maximum Gasteiger partial charge on any atom is 0.274 e. The number of hydrogen-bond donors (Lipinski definition) is 1. The number of carbonyl (C=O) groups excluding carboxylic acids is 2. The zero-order valence-corrected chi connectivity index (χ0v) is 17.1. The summed E-state index contributed by atoms with van der Waals surface area (Å²) in [7, 11) is 1.65. The molecule has 2 amide bonds. The molecule has 1 spiro atoms. The molecule has 2 fully saturated rings. The molecule has 0 bridgehead atoms. The Labute approximate surface area is 173 Å². The smallest absolute Gasteiger partial charge is 0.274 e. The Bertz CT molecular complexity index is 1110. The van der Waals surface area contributed by atoms with Crippen molar-refractivity contribution in [3.63, 3.8) is 0 Å². The molecule has 2 aliphatic heterocycles. The minimum Gasteiger partial charge on any atom is -0.380 e. The van der Waals surface area contributed by atoms with E-state index in [-0.39, 0.29) is 17.0 Å². The minimum atomic E-state index is -0.399. The highest BCUT2D eigenvalue weighted by Gasteiger charge is 2.51. The van der Waals surface area contributed by atoms with E-state index in [1.165, 1.54) is 10.9 Å². The topological polar surface area (TPSA) is 107 Å². The van der Waals surface area contributed by atoms with E-state index in [1.807, 2.05) is 22.6 Å². The second-order valence-electron chi connectivity index (χ2n) is 7.24. The molecule has 1 N–H and O–H groups in total. The fourth-order valence-corrected chi connectivity index (χ4v) is 4.12. The Kier molecular flexibility index (Phi) is 3.91. The summed E-state index contributed by atoms with van der Waals surface area (Å²) in [5.74, 6) is -0.581. The van der Waals surface area contributed by atoms with E-state index in [1.54, 1.807) is 34.8 Å². The van der Waals surface area contributed by atoms with Crippen molar-refractivity contribution in [1.82, 2.24) is 29.3 Å². The van der Waals surface area contributed by atoms with Gasteiger partial charge in [0.25, 0.3) is 11.8 Å². The summed E-state index contributed by atoms with van der Waals surface area (Å²) in [6.07, 6.45) is 3.17. The van der Waals surface area contributed by atoms with Crippen LogP contribution in [0.1, 0.15) is 20.8 Å². The lowest BCUT2D eigenvalue weighted by molar-refractivity contribution is -0.176. The molecule has 5 rings (SSSR count). The number of halogens is 1. The summed E-state index contributed by atoms with van der Waals surface area (Å²) in [5, 5.41) is 11.1. The lowest BCUT2D eigenvalue weighted by atomic mass is 9.78. The Balaban J connectivity index is 1.37. The summed E-state index contributed by atoms with van der Waals surface area (Å²) in [5.41, 5.74) is 1.83. The van der Waals surface area contributed by atoms with Gasteiger partial charge in [-0.2, -0.15) is 5.10 Å². The molecule has 0 aliphatic carbocycles. The van der Waals surface area contributed by atoms with Gasteiger partial charge in [0.05, 0.1) is 30.4 Å². The predicted molar refractivity (Wildman–Crippen MR) is 106 cm³/mol. The van der Waals surface area contributed by atoms with Crippen LogP contribution in [0.15, 0.2) is 24.5 Å². The van der Waals surface area contributed by atoms with Crippen molar-refractivity contribution in [2.45, 2.75) is 0 Å². The number of rotatable bonds is 3. The number of aryl methyl sites for hydroxylation is 1. The maximum atomic E-state index is 12.9. The first kappa shape index (κ1) is 17.6. The van der Waals surface area contributed by atoms with Crippen LogP contribution < -0.4 is 5.32 Å². The van der Waals surface area contributed by atoms with Gasteiger partial charge in [-0.1, -0.05) is 0 Å². The quantitative estimate of drug-likeness (QED) is 0.541. The second-order valence-corrected chi connectivity index (χ2v) is 8.20. The standard InChI is InChI=1S/C17H16IN7O3/c1-23-13(11(5-19-23)15(27)24-6-17(7-24)8-28-9-17)14(26)20-10-2-3-25-12(4-10)21-16(18)22-25/h2-5H,6-9H2,1H3,(H,20,26). The van der Waals surface area contributed by atoms with Gasteiger partial charge < -0.3 is 15.0 Å². The molecule has 5 heterocycles. The number of ether oxygens (including phenoxy) is 1. The number of fused-ring (bicyclic) bond motifs is 1. The molecule has 144 valence electrons. The number of pyridine rings is 1. The third-order valence-corrected chi connectivity index (χ3v) is 5.57. The number of nitrogens with one attached hydrogen (secondary N) is 1. The molecular weight excluding hydrogens is 477 g/mol. The van der Waals surface area contributed by atoms with Gasteiger partial charge in [-0.05, 0) is 6.07 Å². The van der Waals surface area contributed by atoms with Gasteiger partial charge in [-0.3, -0.25) is 14.3 Å². The number of anilines is 1. The van der Waals surface area contributed by atoms with Gasteiger partial charge in [0.1, 0.15) is 5.69 Å². The lowest BCUT2D eigenvalue weighted by Gasteiger charge is -2.54. The first-order valence-corrected chi connectivity index (χ1v) is 9.74. The van der Waals surface area contributed by atoms with E-state index in [2.05, 4.69) is 20.5 Å². The molecule has 28 heavy (non-hydrogen) atoms. The first-order valence-electron chi connectivity index (χ1n) is 8.66. The Morgan fingerprint density at radius 1 is 1.32 bits per heavy atom. The van der Waals surface area contributed by atoms with E-state index in [0.717, 1.165) is 0 Å². The van der Waals surface area contributed by atoms with E-state index in [9.17, 15) is 9.59 Å². The average Bonchev–Trinajstić information content (AvgIpc) is 3.13. The van der Waals surface area contributed by atoms with Crippen LogP contribution in [0.4, 0.5) is 5.69 Å². The zero-order chi connectivity index (χ0) is 19.5. The summed E-state index contributed by atoms with van der Waals surface area (Å²) in [4.78, 5) is 31.7. The molecule has 0 aromatic carbocycles. The van der Waals surface area contributed by atoms with Crippen LogP contribution in [0.25, 0.3) is 5.65 Å². The number of aromatic nitrogens is 5. The monoisotopic (exact) mass is 493 g/mol. The van der Waals surface area contributed by atoms with Crippen LogP contribution in [0, 0.1) is 9.25 Å². The van der Waals surface area contributed by atoms with Crippen LogP contribution in [0.2, 0.25) is 0 Å². The van der Waals surface area contributed by atoms with Crippen LogP contribution >= 0.6 is 22.6 Å². The molecule has 0 atom stereocenters. The SMILES string of the molecule is Cn1ncc(C(=O)N2CC3(COC3)C2)c1C(=O)Nc1ccn2nc(I)nc2c1. The van der Waals surface area contributed by atoms with Gasteiger partial charge in [-0.15, -0.1) is 5.10 Å². The van der Waals surface area contributed by atoms with Crippen molar-refractivity contribution in [3.8, 4) is 0 Å². The highest BCUT2D eigenvalue weighted by Crippen LogP contribution is 2.38. The molecule has 2 saturated heterocycles. The van der Waals surface area contributed by atoms with Crippen LogP contribution in [-0.2, 0) is 11.8 Å². The van der Waals surface area contributed by atoms with Crippen molar-refractivity contribution < 1.29 is 14.3 Å². The average molecular weight is 493 g/mol. The van der Waals surface area contributed by atoms with Crippen LogP contribution in [0.5, 0.6) is 0 Å². The highest BCUT2D eigenvalue weighted by atomic mass is 127. The molecule has 0 saturated carbocycles. The molecule has 2 aliphatic rings. The third-order valence-electron chi connectivity index (χ3n) is 5.11.